The number of benzene rings is 1. The van der Waals surface area contributed by atoms with Crippen molar-refractivity contribution >= 4 is 40.6 Å². The predicted octanol–water partition coefficient (Wildman–Crippen LogP) is 3.19. The summed E-state index contributed by atoms with van der Waals surface area (Å²) in [4.78, 5) is 39.7. The van der Waals surface area contributed by atoms with Gasteiger partial charge < -0.3 is 9.64 Å². The average Bonchev–Trinajstić information content (AvgIpc) is 3.22. The van der Waals surface area contributed by atoms with Crippen molar-refractivity contribution < 1.29 is 19.1 Å². The van der Waals surface area contributed by atoms with E-state index in [9.17, 15) is 14.4 Å². The molecule has 2 saturated heterocycles. The normalized spacial score (nSPS) is 18.9. The van der Waals surface area contributed by atoms with Gasteiger partial charge >= 0.3 is 5.97 Å². The van der Waals surface area contributed by atoms with E-state index in [1.165, 1.54) is 18.5 Å². The molecular weight excluding hydrogens is 352 g/mol. The summed E-state index contributed by atoms with van der Waals surface area (Å²) in [6, 6.07) is 6.13. The lowest BCUT2D eigenvalue weighted by molar-refractivity contribution is -0.145. The molecule has 138 valence electrons. The van der Waals surface area contributed by atoms with Crippen LogP contribution in [-0.2, 0) is 14.3 Å². The second-order valence-electron chi connectivity index (χ2n) is 6.31. The summed E-state index contributed by atoms with van der Waals surface area (Å²) in [5.74, 6) is -1.03. The molecule has 7 heteroatoms. The Morgan fingerprint density at radius 2 is 2.00 bits per heavy atom. The van der Waals surface area contributed by atoms with Gasteiger partial charge in [-0.2, -0.15) is 0 Å². The van der Waals surface area contributed by atoms with E-state index in [1.807, 2.05) is 19.1 Å². The molecule has 0 aliphatic carbocycles. The highest BCUT2D eigenvalue weighted by molar-refractivity contribution is 8.18. The second-order valence-corrected chi connectivity index (χ2v) is 7.30. The van der Waals surface area contributed by atoms with Crippen LogP contribution < -0.4 is 4.90 Å². The molecule has 3 rings (SSSR count). The van der Waals surface area contributed by atoms with Gasteiger partial charge in [-0.05, 0) is 67.8 Å². The highest BCUT2D eigenvalue weighted by Crippen LogP contribution is 2.33. The molecule has 2 aliphatic rings. The molecule has 1 aromatic rings. The molecule has 6 nitrogen and oxygen atoms in total. The maximum Gasteiger partial charge on any atom is 0.326 e. The van der Waals surface area contributed by atoms with Crippen molar-refractivity contribution in [3.8, 4) is 0 Å². The van der Waals surface area contributed by atoms with Gasteiger partial charge in [0.15, 0.2) is 0 Å². The first-order chi connectivity index (χ1) is 12.5. The third-order valence-electron chi connectivity index (χ3n) is 4.48. The Kier molecular flexibility index (Phi) is 5.66. The second kappa shape index (κ2) is 7.95. The van der Waals surface area contributed by atoms with Crippen molar-refractivity contribution in [2.75, 3.05) is 31.1 Å². The Morgan fingerprint density at radius 1 is 1.27 bits per heavy atom. The van der Waals surface area contributed by atoms with E-state index in [1.54, 1.807) is 13.0 Å². The van der Waals surface area contributed by atoms with Crippen molar-refractivity contribution in [3.05, 3.63) is 34.2 Å². The van der Waals surface area contributed by atoms with Crippen LogP contribution in [0.3, 0.4) is 0 Å². The third kappa shape index (κ3) is 3.93. The molecule has 0 unspecified atom stereocenters. The molecule has 0 aromatic heterocycles. The maximum absolute atomic E-state index is 12.4. The van der Waals surface area contributed by atoms with Gasteiger partial charge in [0, 0.05) is 18.8 Å². The van der Waals surface area contributed by atoms with Gasteiger partial charge in [-0.25, -0.2) is 0 Å². The van der Waals surface area contributed by atoms with Gasteiger partial charge in [0.2, 0.25) is 0 Å². The van der Waals surface area contributed by atoms with Gasteiger partial charge in [-0.1, -0.05) is 6.07 Å². The van der Waals surface area contributed by atoms with Crippen molar-refractivity contribution in [2.45, 2.75) is 26.7 Å². The zero-order valence-electron chi connectivity index (χ0n) is 15.0. The van der Waals surface area contributed by atoms with Crippen LogP contribution in [0, 0.1) is 6.92 Å². The molecule has 0 spiro atoms. The van der Waals surface area contributed by atoms with Crippen molar-refractivity contribution in [1.29, 1.82) is 0 Å². The standard InChI is InChI=1S/C19H22N2O4S/c1-3-25-17(22)12-21-18(23)16(26-19(21)24)11-14-6-7-15(10-13(14)2)20-8-4-5-9-20/h6-7,10-11H,3-5,8-9,12H2,1-2H3/b16-11-. The lowest BCUT2D eigenvalue weighted by Crippen LogP contribution is -2.34. The summed E-state index contributed by atoms with van der Waals surface area (Å²) in [5, 5.41) is -0.444. The molecule has 0 radical (unpaired) electrons. The Morgan fingerprint density at radius 3 is 2.65 bits per heavy atom. The van der Waals surface area contributed by atoms with Gasteiger partial charge in [-0.3, -0.25) is 19.3 Å². The largest absolute Gasteiger partial charge is 0.465 e. The van der Waals surface area contributed by atoms with Gasteiger partial charge in [0.25, 0.3) is 11.1 Å². The van der Waals surface area contributed by atoms with E-state index in [2.05, 4.69) is 11.0 Å². The number of carbonyl (C=O) groups excluding carboxylic acids is 3. The smallest absolute Gasteiger partial charge is 0.326 e. The number of anilines is 1. The zero-order valence-corrected chi connectivity index (χ0v) is 15.8. The van der Waals surface area contributed by atoms with Crippen LogP contribution in [0.1, 0.15) is 30.9 Å². The van der Waals surface area contributed by atoms with Crippen LogP contribution in [0.2, 0.25) is 0 Å². The molecule has 26 heavy (non-hydrogen) atoms. The van der Waals surface area contributed by atoms with Crippen LogP contribution in [0.4, 0.5) is 10.5 Å². The maximum atomic E-state index is 12.4. The van der Waals surface area contributed by atoms with Crippen LogP contribution in [0.15, 0.2) is 23.1 Å². The third-order valence-corrected chi connectivity index (χ3v) is 5.38. The fraction of sp³-hybridized carbons (Fsp3) is 0.421. The van der Waals surface area contributed by atoms with E-state index in [-0.39, 0.29) is 13.2 Å². The minimum absolute atomic E-state index is 0.216. The number of esters is 1. The molecule has 0 N–H and O–H groups in total. The molecule has 0 bridgehead atoms. The van der Waals surface area contributed by atoms with Crippen molar-refractivity contribution in [3.63, 3.8) is 0 Å². The summed E-state index contributed by atoms with van der Waals surface area (Å²) < 4.78 is 4.82. The first-order valence-corrected chi connectivity index (χ1v) is 9.58. The number of aryl methyl sites for hydroxylation is 1. The van der Waals surface area contributed by atoms with Crippen molar-refractivity contribution in [1.82, 2.24) is 4.90 Å². The minimum Gasteiger partial charge on any atom is -0.465 e. The number of imide groups is 1. The highest BCUT2D eigenvalue weighted by atomic mass is 32.2. The molecule has 0 saturated carbocycles. The van der Waals surface area contributed by atoms with E-state index >= 15 is 0 Å². The highest BCUT2D eigenvalue weighted by Gasteiger charge is 2.36. The number of rotatable bonds is 5. The number of hydrogen-bond donors (Lipinski definition) is 0. The first-order valence-electron chi connectivity index (χ1n) is 8.76. The fourth-order valence-corrected chi connectivity index (χ4v) is 3.94. The molecule has 1 aromatic carbocycles. The Bertz CT molecular complexity index is 769. The number of thioether (sulfide) groups is 1. The lowest BCUT2D eigenvalue weighted by atomic mass is 10.1. The van der Waals surface area contributed by atoms with E-state index < -0.39 is 17.1 Å². The number of hydrogen-bond acceptors (Lipinski definition) is 6. The Labute approximate surface area is 157 Å². The molecule has 2 fully saturated rings. The summed E-state index contributed by atoms with van der Waals surface area (Å²) >= 11 is 0.855. The van der Waals surface area contributed by atoms with Gasteiger partial charge in [-0.15, -0.1) is 0 Å². The molecule has 0 atom stereocenters. The topological polar surface area (TPSA) is 66.9 Å². The first kappa shape index (κ1) is 18.5. The quantitative estimate of drug-likeness (QED) is 0.582. The van der Waals surface area contributed by atoms with E-state index in [0.29, 0.717) is 4.91 Å². The Hall–Kier alpha value is -2.28. The Balaban J connectivity index is 1.76. The van der Waals surface area contributed by atoms with Crippen LogP contribution in [0.25, 0.3) is 6.08 Å². The molecule has 2 amide bonds. The van der Waals surface area contributed by atoms with E-state index in [4.69, 9.17) is 4.74 Å². The lowest BCUT2D eigenvalue weighted by Gasteiger charge is -2.18. The summed E-state index contributed by atoms with van der Waals surface area (Å²) in [6.45, 7) is 5.70. The number of amides is 2. The van der Waals surface area contributed by atoms with Crippen LogP contribution in [0.5, 0.6) is 0 Å². The average molecular weight is 374 g/mol. The van der Waals surface area contributed by atoms with Crippen LogP contribution in [-0.4, -0.2) is 48.3 Å². The molecule has 2 aliphatic heterocycles. The predicted molar refractivity (Wildman–Crippen MR) is 102 cm³/mol. The van der Waals surface area contributed by atoms with E-state index in [0.717, 1.165) is 40.9 Å². The minimum atomic E-state index is -0.581. The van der Waals surface area contributed by atoms with Crippen molar-refractivity contribution in [2.24, 2.45) is 0 Å². The van der Waals surface area contributed by atoms with Gasteiger partial charge in [0.1, 0.15) is 6.54 Å². The SMILES string of the molecule is CCOC(=O)CN1C(=O)S/C(=C\c2ccc(N3CCCC3)cc2C)C1=O. The molecular formula is C19H22N2O4S. The zero-order chi connectivity index (χ0) is 18.7. The van der Waals surface area contributed by atoms with Gasteiger partial charge in [0.05, 0.1) is 11.5 Å². The summed E-state index contributed by atoms with van der Waals surface area (Å²) in [6.07, 6.45) is 4.15. The molecule has 2 heterocycles. The number of ether oxygens (including phenoxy) is 1. The summed E-state index contributed by atoms with van der Waals surface area (Å²) in [7, 11) is 0. The number of nitrogens with zero attached hydrogens (tertiary/aromatic N) is 2. The monoisotopic (exact) mass is 374 g/mol. The number of carbonyl (C=O) groups is 3. The fourth-order valence-electron chi connectivity index (χ4n) is 3.11. The summed E-state index contributed by atoms with van der Waals surface area (Å²) in [5.41, 5.74) is 3.13. The van der Waals surface area contributed by atoms with Crippen LogP contribution >= 0.6 is 11.8 Å².